The molecule has 0 heterocycles. The van der Waals surface area contributed by atoms with Crippen LogP contribution in [0.15, 0.2) is 53.0 Å². The number of carbonyl (C=O) groups is 1. The van der Waals surface area contributed by atoms with Gasteiger partial charge in [0.25, 0.3) is 0 Å². The number of carbonyl (C=O) groups excluding carboxylic acids is 1. The van der Waals surface area contributed by atoms with Gasteiger partial charge in [0.2, 0.25) is 5.91 Å². The Labute approximate surface area is 150 Å². The van der Waals surface area contributed by atoms with Gasteiger partial charge in [0, 0.05) is 16.2 Å². The van der Waals surface area contributed by atoms with Crippen LogP contribution in [-0.2, 0) is 4.79 Å². The minimum Gasteiger partial charge on any atom is -0.493 e. The molecule has 0 saturated carbocycles. The number of nitrogens with one attached hydrogen (secondary N) is 1. The van der Waals surface area contributed by atoms with Crippen LogP contribution in [0.4, 0.5) is 5.69 Å². The molecule has 0 spiro atoms. The van der Waals surface area contributed by atoms with Crippen molar-refractivity contribution in [2.75, 3.05) is 12.4 Å². The van der Waals surface area contributed by atoms with Crippen LogP contribution in [0.5, 0.6) is 11.5 Å². The number of amides is 1. The highest BCUT2D eigenvalue weighted by Gasteiger charge is 2.06. The summed E-state index contributed by atoms with van der Waals surface area (Å²) in [7, 11) is 1.59. The van der Waals surface area contributed by atoms with Crippen LogP contribution in [-0.4, -0.2) is 19.1 Å². The van der Waals surface area contributed by atoms with Gasteiger partial charge in [0.1, 0.15) is 0 Å². The molecule has 4 nitrogen and oxygen atoms in total. The van der Waals surface area contributed by atoms with Crippen molar-refractivity contribution in [3.63, 3.8) is 0 Å². The molecule has 0 unspecified atom stereocenters. The first-order valence-corrected chi connectivity index (χ1v) is 8.36. The van der Waals surface area contributed by atoms with Gasteiger partial charge in [-0.25, -0.2) is 0 Å². The molecule has 0 fully saturated rings. The predicted octanol–water partition coefficient (Wildman–Crippen LogP) is 4.90. The predicted molar refractivity (Wildman–Crippen MR) is 101 cm³/mol. The molecule has 0 aliphatic heterocycles. The third kappa shape index (κ3) is 5.42. The standard InChI is InChI=1S/C19H20BrNO3/c1-13(2)24-17-10-4-14(12-18(17)23-3)5-11-19(22)21-16-8-6-15(20)7-9-16/h4-13H,1-3H3,(H,21,22). The Bertz CT molecular complexity index is 724. The van der Waals surface area contributed by atoms with Gasteiger partial charge < -0.3 is 14.8 Å². The van der Waals surface area contributed by atoms with E-state index in [0.717, 1.165) is 15.7 Å². The van der Waals surface area contributed by atoms with E-state index in [9.17, 15) is 4.79 Å². The highest BCUT2D eigenvalue weighted by Crippen LogP contribution is 2.29. The van der Waals surface area contributed by atoms with E-state index < -0.39 is 0 Å². The highest BCUT2D eigenvalue weighted by molar-refractivity contribution is 9.10. The van der Waals surface area contributed by atoms with Crippen LogP contribution in [0.2, 0.25) is 0 Å². The summed E-state index contributed by atoms with van der Waals surface area (Å²) < 4.78 is 12.0. The quantitative estimate of drug-likeness (QED) is 0.714. The molecule has 24 heavy (non-hydrogen) atoms. The molecule has 126 valence electrons. The van der Waals surface area contributed by atoms with Gasteiger partial charge in [0.05, 0.1) is 13.2 Å². The maximum atomic E-state index is 12.0. The minimum atomic E-state index is -0.196. The molecule has 0 saturated heterocycles. The van der Waals surface area contributed by atoms with Gasteiger partial charge in [-0.2, -0.15) is 0 Å². The van der Waals surface area contributed by atoms with Crippen LogP contribution < -0.4 is 14.8 Å². The monoisotopic (exact) mass is 389 g/mol. The lowest BCUT2D eigenvalue weighted by molar-refractivity contribution is -0.111. The molecule has 0 radical (unpaired) electrons. The maximum absolute atomic E-state index is 12.0. The topological polar surface area (TPSA) is 47.6 Å². The van der Waals surface area contributed by atoms with E-state index in [1.807, 2.05) is 56.3 Å². The zero-order chi connectivity index (χ0) is 17.5. The van der Waals surface area contributed by atoms with E-state index in [4.69, 9.17) is 9.47 Å². The van der Waals surface area contributed by atoms with Crippen molar-refractivity contribution in [2.24, 2.45) is 0 Å². The molecule has 0 aliphatic rings. The van der Waals surface area contributed by atoms with Crippen molar-refractivity contribution in [1.29, 1.82) is 0 Å². The van der Waals surface area contributed by atoms with Gasteiger partial charge in [0.15, 0.2) is 11.5 Å². The second kappa shape index (κ2) is 8.55. The van der Waals surface area contributed by atoms with E-state index in [2.05, 4.69) is 21.2 Å². The van der Waals surface area contributed by atoms with Crippen molar-refractivity contribution in [2.45, 2.75) is 20.0 Å². The molecule has 1 N–H and O–H groups in total. The average molecular weight is 390 g/mol. The number of halogens is 1. The first kappa shape index (κ1) is 18.1. The van der Waals surface area contributed by atoms with Crippen molar-refractivity contribution < 1.29 is 14.3 Å². The summed E-state index contributed by atoms with van der Waals surface area (Å²) in [6.07, 6.45) is 3.28. The van der Waals surface area contributed by atoms with E-state index >= 15 is 0 Å². The van der Waals surface area contributed by atoms with Crippen molar-refractivity contribution >= 4 is 33.6 Å². The van der Waals surface area contributed by atoms with Gasteiger partial charge in [-0.3, -0.25) is 4.79 Å². The number of benzene rings is 2. The second-order valence-electron chi connectivity index (χ2n) is 5.41. The van der Waals surface area contributed by atoms with Gasteiger partial charge in [-0.1, -0.05) is 22.0 Å². The number of anilines is 1. The molecule has 0 bridgehead atoms. The lowest BCUT2D eigenvalue weighted by Gasteiger charge is -2.13. The summed E-state index contributed by atoms with van der Waals surface area (Å²) in [4.78, 5) is 12.0. The normalized spacial score (nSPS) is 10.9. The molecular formula is C19H20BrNO3. The third-order valence-corrected chi connectivity index (χ3v) is 3.62. The first-order chi connectivity index (χ1) is 11.5. The Morgan fingerprint density at radius 3 is 2.46 bits per heavy atom. The average Bonchev–Trinajstić information content (AvgIpc) is 2.55. The van der Waals surface area contributed by atoms with Crippen LogP contribution in [0.3, 0.4) is 0 Å². The van der Waals surface area contributed by atoms with Gasteiger partial charge >= 0.3 is 0 Å². The number of hydrogen-bond acceptors (Lipinski definition) is 3. The molecule has 2 rings (SSSR count). The smallest absolute Gasteiger partial charge is 0.248 e. The maximum Gasteiger partial charge on any atom is 0.248 e. The van der Waals surface area contributed by atoms with Crippen LogP contribution in [0.1, 0.15) is 19.4 Å². The van der Waals surface area contributed by atoms with Crippen molar-refractivity contribution in [1.82, 2.24) is 0 Å². The van der Waals surface area contributed by atoms with E-state index in [1.54, 1.807) is 13.2 Å². The van der Waals surface area contributed by atoms with Crippen molar-refractivity contribution in [3.8, 4) is 11.5 Å². The fraction of sp³-hybridized carbons (Fsp3) is 0.211. The van der Waals surface area contributed by atoms with Gasteiger partial charge in [-0.15, -0.1) is 0 Å². The zero-order valence-corrected chi connectivity index (χ0v) is 15.5. The summed E-state index contributed by atoms with van der Waals surface area (Å²) in [5.74, 6) is 1.13. The fourth-order valence-corrected chi connectivity index (χ4v) is 2.29. The van der Waals surface area contributed by atoms with Gasteiger partial charge in [-0.05, 0) is 61.9 Å². The second-order valence-corrected chi connectivity index (χ2v) is 6.32. The number of rotatable bonds is 6. The molecule has 5 heteroatoms. The molecular weight excluding hydrogens is 370 g/mol. The SMILES string of the molecule is COc1cc(C=CC(=O)Nc2ccc(Br)cc2)ccc1OC(C)C. The Balaban J connectivity index is 2.05. The summed E-state index contributed by atoms with van der Waals surface area (Å²) in [6, 6.07) is 13.0. The molecule has 1 amide bonds. The lowest BCUT2D eigenvalue weighted by atomic mass is 10.2. The molecule has 2 aromatic rings. The number of ether oxygens (including phenoxy) is 2. The van der Waals surface area contributed by atoms with E-state index in [0.29, 0.717) is 11.5 Å². The fourth-order valence-electron chi connectivity index (χ4n) is 2.03. The Morgan fingerprint density at radius 2 is 1.83 bits per heavy atom. The van der Waals surface area contributed by atoms with Crippen LogP contribution in [0, 0.1) is 0 Å². The molecule has 2 aromatic carbocycles. The largest absolute Gasteiger partial charge is 0.493 e. The Kier molecular flexibility index (Phi) is 6.44. The van der Waals surface area contributed by atoms with E-state index in [-0.39, 0.29) is 12.0 Å². The highest BCUT2D eigenvalue weighted by atomic mass is 79.9. The molecule has 0 atom stereocenters. The van der Waals surface area contributed by atoms with Crippen LogP contribution in [0.25, 0.3) is 6.08 Å². The zero-order valence-electron chi connectivity index (χ0n) is 13.9. The number of methoxy groups -OCH3 is 1. The summed E-state index contributed by atoms with van der Waals surface area (Å²) in [5.41, 5.74) is 1.60. The summed E-state index contributed by atoms with van der Waals surface area (Å²) >= 11 is 3.36. The third-order valence-electron chi connectivity index (χ3n) is 3.09. The van der Waals surface area contributed by atoms with Crippen LogP contribution >= 0.6 is 15.9 Å². The number of hydrogen-bond donors (Lipinski definition) is 1. The minimum absolute atomic E-state index is 0.0666. The molecule has 0 aliphatic carbocycles. The summed E-state index contributed by atoms with van der Waals surface area (Å²) in [5, 5.41) is 2.80. The Morgan fingerprint density at radius 1 is 1.12 bits per heavy atom. The van der Waals surface area contributed by atoms with Crippen molar-refractivity contribution in [3.05, 3.63) is 58.6 Å². The molecule has 0 aromatic heterocycles. The lowest BCUT2D eigenvalue weighted by Crippen LogP contribution is -2.07. The summed E-state index contributed by atoms with van der Waals surface area (Å²) in [6.45, 7) is 3.92. The Hall–Kier alpha value is -2.27. The first-order valence-electron chi connectivity index (χ1n) is 7.57. The van der Waals surface area contributed by atoms with E-state index in [1.165, 1.54) is 6.08 Å².